The SMILES string of the molecule is FC[C@H](c1ccc(Cl)cc1Br)N1CCNCC1. The predicted octanol–water partition coefficient (Wildman–Crippen LogP) is 3.02. The number of hydrogen-bond acceptors (Lipinski definition) is 2. The van der Waals surface area contributed by atoms with Crippen LogP contribution in [0, 0.1) is 0 Å². The van der Waals surface area contributed by atoms with Crippen molar-refractivity contribution in [2.75, 3.05) is 32.9 Å². The second-order valence-corrected chi connectivity index (χ2v) is 5.41. The fourth-order valence-electron chi connectivity index (χ4n) is 2.14. The van der Waals surface area contributed by atoms with Crippen molar-refractivity contribution in [1.82, 2.24) is 10.2 Å². The Balaban J connectivity index is 2.21. The van der Waals surface area contributed by atoms with E-state index in [1.807, 2.05) is 18.2 Å². The van der Waals surface area contributed by atoms with Crippen LogP contribution in [0.15, 0.2) is 22.7 Å². The van der Waals surface area contributed by atoms with Gasteiger partial charge >= 0.3 is 0 Å². The number of piperazine rings is 1. The van der Waals surface area contributed by atoms with Crippen LogP contribution in [0.1, 0.15) is 11.6 Å². The number of benzene rings is 1. The van der Waals surface area contributed by atoms with Crippen LogP contribution in [0.2, 0.25) is 5.02 Å². The lowest BCUT2D eigenvalue weighted by atomic mass is 10.1. The van der Waals surface area contributed by atoms with E-state index in [4.69, 9.17) is 11.6 Å². The fraction of sp³-hybridized carbons (Fsp3) is 0.500. The highest BCUT2D eigenvalue weighted by atomic mass is 79.9. The smallest absolute Gasteiger partial charge is 0.109 e. The Bertz CT molecular complexity index is 383. The van der Waals surface area contributed by atoms with Crippen LogP contribution in [0.5, 0.6) is 0 Å². The highest BCUT2D eigenvalue weighted by molar-refractivity contribution is 9.10. The molecule has 1 aliphatic heterocycles. The van der Waals surface area contributed by atoms with Crippen molar-refractivity contribution in [2.24, 2.45) is 0 Å². The van der Waals surface area contributed by atoms with Gasteiger partial charge in [0.25, 0.3) is 0 Å². The molecule has 0 aliphatic carbocycles. The molecule has 1 aromatic rings. The van der Waals surface area contributed by atoms with Crippen molar-refractivity contribution in [1.29, 1.82) is 0 Å². The average molecular weight is 322 g/mol. The maximum atomic E-state index is 13.3. The molecule has 0 aromatic heterocycles. The summed E-state index contributed by atoms with van der Waals surface area (Å²) in [6.45, 7) is 3.22. The van der Waals surface area contributed by atoms with Gasteiger partial charge in [-0.2, -0.15) is 0 Å². The molecule has 1 fully saturated rings. The first kappa shape index (κ1) is 13.3. The lowest BCUT2D eigenvalue weighted by Gasteiger charge is -2.34. The summed E-state index contributed by atoms with van der Waals surface area (Å²) in [6, 6.07) is 5.36. The Morgan fingerprint density at radius 1 is 1.41 bits per heavy atom. The van der Waals surface area contributed by atoms with Crippen LogP contribution in [-0.4, -0.2) is 37.8 Å². The van der Waals surface area contributed by atoms with Gasteiger partial charge in [-0.25, -0.2) is 4.39 Å². The zero-order chi connectivity index (χ0) is 12.3. The Kier molecular flexibility index (Phi) is 4.79. The quantitative estimate of drug-likeness (QED) is 0.920. The monoisotopic (exact) mass is 320 g/mol. The van der Waals surface area contributed by atoms with Crippen LogP contribution in [0.3, 0.4) is 0 Å². The molecular formula is C12H15BrClFN2. The average Bonchev–Trinajstić information content (AvgIpc) is 2.34. The molecule has 1 heterocycles. The lowest BCUT2D eigenvalue weighted by Crippen LogP contribution is -2.45. The Hall–Kier alpha value is -0.160. The Morgan fingerprint density at radius 3 is 2.71 bits per heavy atom. The fourth-order valence-corrected chi connectivity index (χ4v) is 3.09. The summed E-state index contributed by atoms with van der Waals surface area (Å²) >= 11 is 9.37. The predicted molar refractivity (Wildman–Crippen MR) is 72.3 cm³/mol. The molecule has 2 nitrogen and oxygen atoms in total. The van der Waals surface area contributed by atoms with E-state index in [1.54, 1.807) is 0 Å². The molecule has 5 heteroatoms. The third-order valence-electron chi connectivity index (χ3n) is 3.06. The van der Waals surface area contributed by atoms with E-state index in [-0.39, 0.29) is 12.7 Å². The molecule has 0 bridgehead atoms. The third kappa shape index (κ3) is 3.19. The number of rotatable bonds is 3. The molecule has 1 aliphatic rings. The first-order valence-corrected chi connectivity index (χ1v) is 6.85. The van der Waals surface area contributed by atoms with E-state index in [9.17, 15) is 4.39 Å². The summed E-state index contributed by atoms with van der Waals surface area (Å²) in [5.41, 5.74) is 0.971. The number of alkyl halides is 1. The molecule has 1 atom stereocenters. The minimum absolute atomic E-state index is 0.177. The van der Waals surface area contributed by atoms with E-state index < -0.39 is 0 Å². The van der Waals surface area contributed by atoms with Crippen LogP contribution in [0.4, 0.5) is 4.39 Å². The summed E-state index contributed by atoms with van der Waals surface area (Å²) < 4.78 is 14.2. The van der Waals surface area contributed by atoms with E-state index in [2.05, 4.69) is 26.1 Å². The second kappa shape index (κ2) is 6.14. The molecular weight excluding hydrogens is 307 g/mol. The summed E-state index contributed by atoms with van der Waals surface area (Å²) in [5.74, 6) is 0. The largest absolute Gasteiger partial charge is 0.314 e. The minimum atomic E-state index is -0.375. The number of hydrogen-bond donors (Lipinski definition) is 1. The van der Waals surface area contributed by atoms with E-state index >= 15 is 0 Å². The van der Waals surface area contributed by atoms with Crippen molar-refractivity contribution < 1.29 is 4.39 Å². The summed E-state index contributed by atoms with van der Waals surface area (Å²) in [4.78, 5) is 2.17. The Labute approximate surface area is 114 Å². The molecule has 1 N–H and O–H groups in total. The maximum absolute atomic E-state index is 13.3. The standard InChI is InChI=1S/C12H15BrClFN2/c13-11-7-9(14)1-2-10(11)12(8-15)17-5-3-16-4-6-17/h1-2,7,12,16H,3-6,8H2/t12-/m1/s1. The van der Waals surface area contributed by atoms with E-state index in [1.165, 1.54) is 0 Å². The van der Waals surface area contributed by atoms with Crippen LogP contribution in [-0.2, 0) is 0 Å². The lowest BCUT2D eigenvalue weighted by molar-refractivity contribution is 0.147. The van der Waals surface area contributed by atoms with Gasteiger partial charge in [0.15, 0.2) is 0 Å². The zero-order valence-electron chi connectivity index (χ0n) is 9.43. The van der Waals surface area contributed by atoms with Crippen molar-refractivity contribution >= 4 is 27.5 Å². The summed E-state index contributed by atoms with van der Waals surface area (Å²) in [5, 5.41) is 3.94. The van der Waals surface area contributed by atoms with Gasteiger partial charge < -0.3 is 5.32 Å². The van der Waals surface area contributed by atoms with E-state index in [0.29, 0.717) is 5.02 Å². The zero-order valence-corrected chi connectivity index (χ0v) is 11.8. The highest BCUT2D eigenvalue weighted by Gasteiger charge is 2.23. The molecule has 94 valence electrons. The molecule has 0 spiro atoms. The van der Waals surface area contributed by atoms with E-state index in [0.717, 1.165) is 36.2 Å². The van der Waals surface area contributed by atoms with Crippen molar-refractivity contribution in [3.05, 3.63) is 33.3 Å². The van der Waals surface area contributed by atoms with Gasteiger partial charge in [-0.3, -0.25) is 4.90 Å². The van der Waals surface area contributed by atoms with Gasteiger partial charge in [-0.1, -0.05) is 33.6 Å². The molecule has 0 unspecified atom stereocenters. The Morgan fingerprint density at radius 2 is 2.12 bits per heavy atom. The minimum Gasteiger partial charge on any atom is -0.314 e. The first-order chi connectivity index (χ1) is 8.22. The normalized spacial score (nSPS) is 19.2. The highest BCUT2D eigenvalue weighted by Crippen LogP contribution is 2.30. The van der Waals surface area contributed by atoms with Crippen LogP contribution >= 0.6 is 27.5 Å². The van der Waals surface area contributed by atoms with Gasteiger partial charge in [-0.15, -0.1) is 0 Å². The second-order valence-electron chi connectivity index (χ2n) is 4.12. The van der Waals surface area contributed by atoms with Gasteiger partial charge in [0, 0.05) is 35.7 Å². The number of nitrogens with zero attached hydrogens (tertiary/aromatic N) is 1. The van der Waals surface area contributed by atoms with Crippen molar-refractivity contribution in [3.8, 4) is 0 Å². The topological polar surface area (TPSA) is 15.3 Å². The number of halogens is 3. The molecule has 0 radical (unpaired) electrons. The van der Waals surface area contributed by atoms with Crippen molar-refractivity contribution in [2.45, 2.75) is 6.04 Å². The molecule has 2 rings (SSSR count). The van der Waals surface area contributed by atoms with Crippen LogP contribution in [0.25, 0.3) is 0 Å². The first-order valence-electron chi connectivity index (χ1n) is 5.68. The third-order valence-corrected chi connectivity index (χ3v) is 3.98. The molecule has 0 saturated carbocycles. The summed E-state index contributed by atoms with van der Waals surface area (Å²) in [7, 11) is 0. The maximum Gasteiger partial charge on any atom is 0.109 e. The van der Waals surface area contributed by atoms with Crippen molar-refractivity contribution in [3.63, 3.8) is 0 Å². The molecule has 1 saturated heterocycles. The summed E-state index contributed by atoms with van der Waals surface area (Å²) in [6.07, 6.45) is 0. The van der Waals surface area contributed by atoms with Gasteiger partial charge in [0.05, 0.1) is 6.04 Å². The molecule has 0 amide bonds. The van der Waals surface area contributed by atoms with Gasteiger partial charge in [0.1, 0.15) is 6.67 Å². The molecule has 17 heavy (non-hydrogen) atoms. The molecule has 1 aromatic carbocycles. The van der Waals surface area contributed by atoms with Gasteiger partial charge in [-0.05, 0) is 17.7 Å². The number of nitrogens with one attached hydrogen (secondary N) is 1. The van der Waals surface area contributed by atoms with Crippen LogP contribution < -0.4 is 5.32 Å². The van der Waals surface area contributed by atoms with Gasteiger partial charge in [0.2, 0.25) is 0 Å².